The summed E-state index contributed by atoms with van der Waals surface area (Å²) in [6.45, 7) is 2.84. The number of Topliss-reactive ketones (excluding diaryl/α,β-unsaturated/α-hetero) is 1. The summed E-state index contributed by atoms with van der Waals surface area (Å²) in [5.74, 6) is -1.13. The maximum absolute atomic E-state index is 12.8. The number of rotatable bonds is 11. The van der Waals surface area contributed by atoms with Gasteiger partial charge in [0, 0.05) is 5.56 Å². The summed E-state index contributed by atoms with van der Waals surface area (Å²) in [5.41, 5.74) is 1.22. The second-order valence-electron chi connectivity index (χ2n) is 6.36. The minimum atomic E-state index is -0.987. The van der Waals surface area contributed by atoms with Crippen LogP contribution in [0, 0.1) is 0 Å². The van der Waals surface area contributed by atoms with Gasteiger partial charge in [0.05, 0.1) is 18.9 Å². The summed E-state index contributed by atoms with van der Waals surface area (Å²) in [7, 11) is 0. The smallest absolute Gasteiger partial charge is 0.304 e. The largest absolute Gasteiger partial charge is 0.494 e. The zero-order valence-electron chi connectivity index (χ0n) is 15.2. The molecule has 138 valence electrons. The third-order valence-corrected chi connectivity index (χ3v) is 4.30. The molecular weight excluding hydrogens is 328 g/mol. The van der Waals surface area contributed by atoms with Gasteiger partial charge in [-0.3, -0.25) is 9.59 Å². The predicted octanol–water partition coefficient (Wildman–Crippen LogP) is 5.09. The molecule has 0 radical (unpaired) electrons. The van der Waals surface area contributed by atoms with Crippen LogP contribution in [0.15, 0.2) is 54.6 Å². The van der Waals surface area contributed by atoms with Crippen LogP contribution in [0.2, 0.25) is 0 Å². The van der Waals surface area contributed by atoms with Crippen molar-refractivity contribution in [3.63, 3.8) is 0 Å². The van der Waals surface area contributed by atoms with Gasteiger partial charge in [-0.15, -0.1) is 0 Å². The highest BCUT2D eigenvalue weighted by Crippen LogP contribution is 2.25. The van der Waals surface area contributed by atoms with Crippen LogP contribution in [0.5, 0.6) is 5.75 Å². The molecule has 0 saturated carbocycles. The molecule has 0 saturated heterocycles. The highest BCUT2D eigenvalue weighted by atomic mass is 16.5. The monoisotopic (exact) mass is 354 g/mol. The van der Waals surface area contributed by atoms with E-state index in [1.54, 1.807) is 36.4 Å². The lowest BCUT2D eigenvalue weighted by Crippen LogP contribution is -2.17. The Hall–Kier alpha value is -2.62. The molecule has 4 heteroatoms. The average molecular weight is 354 g/mol. The highest BCUT2D eigenvalue weighted by molar-refractivity contribution is 6.02. The summed E-state index contributed by atoms with van der Waals surface area (Å²) < 4.78 is 5.69. The normalized spacial score (nSPS) is 11.7. The van der Waals surface area contributed by atoms with Crippen molar-refractivity contribution in [2.24, 2.45) is 0 Å². The first-order valence-electron chi connectivity index (χ1n) is 9.15. The summed E-state index contributed by atoms with van der Waals surface area (Å²) >= 11 is 0. The van der Waals surface area contributed by atoms with E-state index in [1.165, 1.54) is 12.8 Å². The van der Waals surface area contributed by atoms with Gasteiger partial charge in [0.1, 0.15) is 5.75 Å². The Morgan fingerprint density at radius 1 is 0.962 bits per heavy atom. The van der Waals surface area contributed by atoms with Crippen LogP contribution in [0.4, 0.5) is 0 Å². The van der Waals surface area contributed by atoms with Crippen molar-refractivity contribution in [2.75, 3.05) is 6.61 Å². The van der Waals surface area contributed by atoms with Crippen LogP contribution in [-0.2, 0) is 4.79 Å². The molecule has 2 rings (SSSR count). The highest BCUT2D eigenvalue weighted by Gasteiger charge is 2.24. The number of benzene rings is 2. The summed E-state index contributed by atoms with van der Waals surface area (Å²) in [5, 5.41) is 9.17. The molecule has 0 aliphatic heterocycles. The topological polar surface area (TPSA) is 63.6 Å². The summed E-state index contributed by atoms with van der Waals surface area (Å²) in [6, 6.07) is 16.0. The molecule has 1 N–H and O–H groups in total. The maximum Gasteiger partial charge on any atom is 0.304 e. The van der Waals surface area contributed by atoms with Crippen molar-refractivity contribution in [3.05, 3.63) is 65.7 Å². The molecule has 0 aromatic heterocycles. The third kappa shape index (κ3) is 6.03. The van der Waals surface area contributed by atoms with Crippen LogP contribution in [0.1, 0.15) is 60.9 Å². The van der Waals surface area contributed by atoms with Gasteiger partial charge >= 0.3 is 5.97 Å². The number of aliphatic carboxylic acids is 1. The van der Waals surface area contributed by atoms with E-state index >= 15 is 0 Å². The molecule has 0 aliphatic carbocycles. The van der Waals surface area contributed by atoms with E-state index in [0.29, 0.717) is 12.2 Å². The number of unbranched alkanes of at least 4 members (excludes halogenated alkanes) is 3. The number of hydrogen-bond donors (Lipinski definition) is 1. The van der Waals surface area contributed by atoms with Crippen molar-refractivity contribution in [2.45, 2.75) is 44.9 Å². The minimum absolute atomic E-state index is 0.187. The standard InChI is InChI=1S/C22H26O4/c1-2-3-4-8-15-26-19-13-11-18(12-14-19)22(25)20(16-21(23)24)17-9-6-5-7-10-17/h5-7,9-14,20H,2-4,8,15-16H2,1H3,(H,23,24)/t20-/m0/s1. The number of ether oxygens (including phenoxy) is 1. The number of ketones is 1. The molecule has 0 heterocycles. The fourth-order valence-corrected chi connectivity index (χ4v) is 2.86. The first-order valence-corrected chi connectivity index (χ1v) is 9.15. The van der Waals surface area contributed by atoms with Crippen LogP contribution in [-0.4, -0.2) is 23.5 Å². The fourth-order valence-electron chi connectivity index (χ4n) is 2.86. The fraction of sp³-hybridized carbons (Fsp3) is 0.364. The molecule has 0 amide bonds. The molecule has 26 heavy (non-hydrogen) atoms. The molecule has 0 spiro atoms. The summed E-state index contributed by atoms with van der Waals surface area (Å²) in [6.07, 6.45) is 4.35. The molecule has 0 aliphatic rings. The van der Waals surface area contributed by atoms with E-state index in [9.17, 15) is 14.7 Å². The zero-order chi connectivity index (χ0) is 18.8. The molecular formula is C22H26O4. The van der Waals surface area contributed by atoms with Gasteiger partial charge in [-0.05, 0) is 36.2 Å². The number of hydrogen-bond acceptors (Lipinski definition) is 3. The van der Waals surface area contributed by atoms with E-state index in [1.807, 2.05) is 18.2 Å². The van der Waals surface area contributed by atoms with Gasteiger partial charge < -0.3 is 9.84 Å². The molecule has 1 atom stereocenters. The predicted molar refractivity (Wildman–Crippen MR) is 102 cm³/mol. The van der Waals surface area contributed by atoms with E-state index in [4.69, 9.17) is 4.74 Å². The van der Waals surface area contributed by atoms with Gasteiger partial charge in [-0.2, -0.15) is 0 Å². The van der Waals surface area contributed by atoms with Crippen molar-refractivity contribution >= 4 is 11.8 Å². The van der Waals surface area contributed by atoms with Gasteiger partial charge in [-0.25, -0.2) is 0 Å². The molecule has 0 unspecified atom stereocenters. The van der Waals surface area contributed by atoms with Gasteiger partial charge in [0.25, 0.3) is 0 Å². The van der Waals surface area contributed by atoms with Crippen LogP contribution in [0.25, 0.3) is 0 Å². The maximum atomic E-state index is 12.8. The number of carboxylic acid groups (broad SMARTS) is 1. The first-order chi connectivity index (χ1) is 12.6. The Balaban J connectivity index is 2.03. The Morgan fingerprint density at radius 2 is 1.65 bits per heavy atom. The SMILES string of the molecule is CCCCCCOc1ccc(C(=O)[C@@H](CC(=O)O)c2ccccc2)cc1. The van der Waals surface area contributed by atoms with E-state index in [-0.39, 0.29) is 12.2 Å². The average Bonchev–Trinajstić information content (AvgIpc) is 2.66. The van der Waals surface area contributed by atoms with Crippen molar-refractivity contribution in [1.29, 1.82) is 0 Å². The molecule has 2 aromatic carbocycles. The lowest BCUT2D eigenvalue weighted by Gasteiger charge is -2.15. The molecule has 2 aromatic rings. The van der Waals surface area contributed by atoms with Crippen LogP contribution >= 0.6 is 0 Å². The van der Waals surface area contributed by atoms with E-state index in [0.717, 1.165) is 24.2 Å². The number of carbonyl (C=O) groups excluding carboxylic acids is 1. The van der Waals surface area contributed by atoms with E-state index in [2.05, 4.69) is 6.92 Å². The minimum Gasteiger partial charge on any atom is -0.494 e. The lowest BCUT2D eigenvalue weighted by molar-refractivity contribution is -0.137. The van der Waals surface area contributed by atoms with Gasteiger partial charge in [-0.1, -0.05) is 56.5 Å². The molecule has 0 fully saturated rings. The third-order valence-electron chi connectivity index (χ3n) is 4.30. The molecule has 4 nitrogen and oxygen atoms in total. The van der Waals surface area contributed by atoms with Gasteiger partial charge in [0.15, 0.2) is 5.78 Å². The Labute approximate surface area is 154 Å². The number of carboxylic acids is 1. The second kappa shape index (κ2) is 10.4. The van der Waals surface area contributed by atoms with E-state index < -0.39 is 11.9 Å². The summed E-state index contributed by atoms with van der Waals surface area (Å²) in [4.78, 5) is 24.0. The Bertz CT molecular complexity index is 692. The van der Waals surface area contributed by atoms with Gasteiger partial charge in [0.2, 0.25) is 0 Å². The zero-order valence-corrected chi connectivity index (χ0v) is 15.2. The molecule has 0 bridgehead atoms. The van der Waals surface area contributed by atoms with Crippen molar-refractivity contribution < 1.29 is 19.4 Å². The van der Waals surface area contributed by atoms with Crippen molar-refractivity contribution in [1.82, 2.24) is 0 Å². The Kier molecular flexibility index (Phi) is 7.87. The van der Waals surface area contributed by atoms with Crippen LogP contribution < -0.4 is 4.74 Å². The lowest BCUT2D eigenvalue weighted by atomic mass is 9.88. The Morgan fingerprint density at radius 3 is 2.27 bits per heavy atom. The second-order valence-corrected chi connectivity index (χ2v) is 6.36. The quantitative estimate of drug-likeness (QED) is 0.451. The van der Waals surface area contributed by atoms with Crippen molar-refractivity contribution in [3.8, 4) is 5.75 Å². The first kappa shape index (κ1) is 19.7. The van der Waals surface area contributed by atoms with Crippen LogP contribution in [0.3, 0.4) is 0 Å². The number of carbonyl (C=O) groups is 2.